The van der Waals surface area contributed by atoms with Gasteiger partial charge in [-0.1, -0.05) is 25.5 Å². The lowest BCUT2D eigenvalue weighted by Gasteiger charge is -2.14. The van der Waals surface area contributed by atoms with E-state index in [-0.39, 0.29) is 12.1 Å². The SMILES string of the molecule is CCCc1cc(C(=O)NC[C@H](O)c2cccc(C(F)(F)F)c2)n(C)n1. The summed E-state index contributed by atoms with van der Waals surface area (Å²) in [5.74, 6) is -0.441. The number of benzene rings is 1. The Balaban J connectivity index is 2.02. The number of nitrogens with one attached hydrogen (secondary N) is 1. The number of alkyl halides is 3. The molecule has 0 radical (unpaired) electrons. The number of carbonyl (C=O) groups excluding carboxylic acids is 1. The van der Waals surface area contributed by atoms with Crippen molar-refractivity contribution >= 4 is 5.91 Å². The summed E-state index contributed by atoms with van der Waals surface area (Å²) < 4.78 is 39.6. The zero-order valence-electron chi connectivity index (χ0n) is 14.0. The Bertz CT molecular complexity index is 741. The minimum atomic E-state index is -4.48. The van der Waals surface area contributed by atoms with E-state index < -0.39 is 23.8 Å². The normalized spacial score (nSPS) is 12.9. The summed E-state index contributed by atoms with van der Waals surface area (Å²) in [5, 5.41) is 16.8. The molecule has 8 heteroatoms. The summed E-state index contributed by atoms with van der Waals surface area (Å²) in [4.78, 5) is 12.2. The predicted molar refractivity (Wildman–Crippen MR) is 85.9 cm³/mol. The first-order valence-electron chi connectivity index (χ1n) is 7.88. The quantitative estimate of drug-likeness (QED) is 0.837. The highest BCUT2D eigenvalue weighted by atomic mass is 19.4. The molecule has 2 N–H and O–H groups in total. The second-order valence-electron chi connectivity index (χ2n) is 5.74. The number of rotatable bonds is 6. The van der Waals surface area contributed by atoms with E-state index in [0.29, 0.717) is 5.69 Å². The third kappa shape index (κ3) is 4.82. The van der Waals surface area contributed by atoms with Crippen LogP contribution in [0, 0.1) is 0 Å². The van der Waals surface area contributed by atoms with E-state index in [1.807, 2.05) is 6.92 Å². The number of carbonyl (C=O) groups is 1. The number of aryl methyl sites for hydroxylation is 2. The molecule has 0 aliphatic carbocycles. The summed E-state index contributed by atoms with van der Waals surface area (Å²) in [6.45, 7) is 1.80. The van der Waals surface area contributed by atoms with Gasteiger partial charge in [-0.05, 0) is 30.2 Å². The van der Waals surface area contributed by atoms with Crippen molar-refractivity contribution in [3.05, 3.63) is 52.8 Å². The number of halogens is 3. The highest BCUT2D eigenvalue weighted by molar-refractivity contribution is 5.92. The van der Waals surface area contributed by atoms with Crippen molar-refractivity contribution in [2.45, 2.75) is 32.0 Å². The van der Waals surface area contributed by atoms with Crippen molar-refractivity contribution < 1.29 is 23.1 Å². The molecule has 0 aliphatic heterocycles. The van der Waals surface area contributed by atoms with Crippen LogP contribution in [0.15, 0.2) is 30.3 Å². The van der Waals surface area contributed by atoms with Crippen LogP contribution in [-0.4, -0.2) is 27.3 Å². The first-order valence-corrected chi connectivity index (χ1v) is 7.88. The van der Waals surface area contributed by atoms with Gasteiger partial charge >= 0.3 is 6.18 Å². The highest BCUT2D eigenvalue weighted by Crippen LogP contribution is 2.30. The van der Waals surface area contributed by atoms with Crippen molar-refractivity contribution in [3.8, 4) is 0 Å². The Morgan fingerprint density at radius 1 is 1.36 bits per heavy atom. The summed E-state index contributed by atoms with van der Waals surface area (Å²) in [5.41, 5.74) is 0.367. The van der Waals surface area contributed by atoms with Gasteiger partial charge in [-0.25, -0.2) is 0 Å². The number of aromatic nitrogens is 2. The Morgan fingerprint density at radius 3 is 2.72 bits per heavy atom. The van der Waals surface area contributed by atoms with E-state index in [9.17, 15) is 23.1 Å². The molecule has 5 nitrogen and oxygen atoms in total. The lowest BCUT2D eigenvalue weighted by atomic mass is 10.1. The van der Waals surface area contributed by atoms with Crippen LogP contribution < -0.4 is 5.32 Å². The van der Waals surface area contributed by atoms with Gasteiger partial charge in [0.15, 0.2) is 0 Å². The van der Waals surface area contributed by atoms with Gasteiger partial charge in [-0.2, -0.15) is 18.3 Å². The monoisotopic (exact) mass is 355 g/mol. The molecule has 0 aliphatic rings. The molecule has 1 heterocycles. The molecule has 2 rings (SSSR count). The Labute approximate surface area is 143 Å². The van der Waals surface area contributed by atoms with E-state index in [1.54, 1.807) is 13.1 Å². The zero-order valence-corrected chi connectivity index (χ0v) is 14.0. The largest absolute Gasteiger partial charge is 0.416 e. The fourth-order valence-corrected chi connectivity index (χ4v) is 2.44. The second-order valence-corrected chi connectivity index (χ2v) is 5.74. The van der Waals surface area contributed by atoms with Gasteiger partial charge in [0.1, 0.15) is 5.69 Å². The van der Waals surface area contributed by atoms with Gasteiger partial charge < -0.3 is 10.4 Å². The van der Waals surface area contributed by atoms with Gasteiger partial charge in [0.05, 0.1) is 17.4 Å². The molecule has 1 aromatic carbocycles. The lowest BCUT2D eigenvalue weighted by molar-refractivity contribution is -0.137. The van der Waals surface area contributed by atoms with E-state index >= 15 is 0 Å². The highest BCUT2D eigenvalue weighted by Gasteiger charge is 2.30. The minimum Gasteiger partial charge on any atom is -0.387 e. The van der Waals surface area contributed by atoms with Gasteiger partial charge in [-0.3, -0.25) is 9.48 Å². The van der Waals surface area contributed by atoms with E-state index in [0.717, 1.165) is 30.7 Å². The summed E-state index contributed by atoms with van der Waals surface area (Å²) in [6.07, 6.45) is -4.08. The number of hydrogen-bond acceptors (Lipinski definition) is 3. The molecule has 0 bridgehead atoms. The minimum absolute atomic E-state index is 0.0896. The average Bonchev–Trinajstić information content (AvgIpc) is 2.92. The van der Waals surface area contributed by atoms with Gasteiger partial charge in [0.2, 0.25) is 0 Å². The molecule has 1 aromatic heterocycles. The maximum atomic E-state index is 12.7. The van der Waals surface area contributed by atoms with Crippen LogP contribution in [0.2, 0.25) is 0 Å². The van der Waals surface area contributed by atoms with Crippen LogP contribution in [0.5, 0.6) is 0 Å². The number of nitrogens with zero attached hydrogens (tertiary/aromatic N) is 2. The van der Waals surface area contributed by atoms with Gasteiger partial charge in [-0.15, -0.1) is 0 Å². The van der Waals surface area contributed by atoms with Crippen LogP contribution in [0.1, 0.15) is 46.8 Å². The van der Waals surface area contributed by atoms with Crippen LogP contribution >= 0.6 is 0 Å². The van der Waals surface area contributed by atoms with Crippen molar-refractivity contribution in [2.24, 2.45) is 7.05 Å². The molecule has 1 atom stereocenters. The fourth-order valence-electron chi connectivity index (χ4n) is 2.44. The molecule has 0 fully saturated rings. The molecule has 0 spiro atoms. The number of amides is 1. The maximum absolute atomic E-state index is 12.7. The predicted octanol–water partition coefficient (Wildman–Crippen LogP) is 2.85. The third-order valence-electron chi connectivity index (χ3n) is 3.72. The van der Waals surface area contributed by atoms with Crippen LogP contribution in [0.25, 0.3) is 0 Å². The van der Waals surface area contributed by atoms with Crippen molar-refractivity contribution in [1.82, 2.24) is 15.1 Å². The second kappa shape index (κ2) is 7.69. The molecule has 0 unspecified atom stereocenters. The summed E-state index contributed by atoms with van der Waals surface area (Å²) in [7, 11) is 1.64. The number of hydrogen-bond donors (Lipinski definition) is 2. The molecule has 2 aromatic rings. The number of aliphatic hydroxyl groups excluding tert-OH is 1. The molecule has 1 amide bonds. The van der Waals surface area contributed by atoms with Gasteiger partial charge in [0.25, 0.3) is 5.91 Å². The van der Waals surface area contributed by atoms with E-state index in [2.05, 4.69) is 10.4 Å². The van der Waals surface area contributed by atoms with Crippen LogP contribution in [0.4, 0.5) is 13.2 Å². The average molecular weight is 355 g/mol. The fraction of sp³-hybridized carbons (Fsp3) is 0.412. The number of aliphatic hydroxyl groups is 1. The molecular formula is C17H20F3N3O2. The third-order valence-corrected chi connectivity index (χ3v) is 3.72. The topological polar surface area (TPSA) is 67.2 Å². The Morgan fingerprint density at radius 2 is 2.08 bits per heavy atom. The zero-order chi connectivity index (χ0) is 18.6. The van der Waals surface area contributed by atoms with Crippen molar-refractivity contribution in [2.75, 3.05) is 6.54 Å². The molecule has 136 valence electrons. The van der Waals surface area contributed by atoms with Crippen LogP contribution in [-0.2, 0) is 19.6 Å². The lowest BCUT2D eigenvalue weighted by Crippen LogP contribution is -2.30. The molecule has 0 saturated carbocycles. The smallest absolute Gasteiger partial charge is 0.387 e. The molecule has 25 heavy (non-hydrogen) atoms. The maximum Gasteiger partial charge on any atom is 0.416 e. The first kappa shape index (κ1) is 19.0. The molecule has 0 saturated heterocycles. The van der Waals surface area contributed by atoms with Crippen molar-refractivity contribution in [1.29, 1.82) is 0 Å². The Hall–Kier alpha value is -2.35. The van der Waals surface area contributed by atoms with Gasteiger partial charge in [0, 0.05) is 13.6 Å². The summed E-state index contributed by atoms with van der Waals surface area (Å²) >= 11 is 0. The standard InChI is InChI=1S/C17H20F3N3O2/c1-3-5-13-9-14(23(2)22-13)16(25)21-10-15(24)11-6-4-7-12(8-11)17(18,19)20/h4,6-9,15,24H,3,5,10H2,1-2H3,(H,21,25)/t15-/m0/s1. The molecular weight excluding hydrogens is 335 g/mol. The van der Waals surface area contributed by atoms with Crippen molar-refractivity contribution in [3.63, 3.8) is 0 Å². The van der Waals surface area contributed by atoms with E-state index in [1.165, 1.54) is 16.8 Å². The summed E-state index contributed by atoms with van der Waals surface area (Å²) in [6, 6.07) is 6.08. The van der Waals surface area contributed by atoms with E-state index in [4.69, 9.17) is 0 Å². The van der Waals surface area contributed by atoms with Crippen LogP contribution in [0.3, 0.4) is 0 Å². The first-order chi connectivity index (χ1) is 11.7. The Kier molecular flexibility index (Phi) is 5.84.